The summed E-state index contributed by atoms with van der Waals surface area (Å²) in [5.41, 5.74) is 4.03. The minimum Gasteiger partial charge on any atom is -0.347 e. The number of halogens is 1. The molecule has 0 aliphatic carbocycles. The summed E-state index contributed by atoms with van der Waals surface area (Å²) in [5.74, 6) is -0.0884. The number of thiophene rings is 1. The highest BCUT2D eigenvalue weighted by molar-refractivity contribution is 9.10. The second-order valence-corrected chi connectivity index (χ2v) is 8.26. The van der Waals surface area contributed by atoms with E-state index >= 15 is 0 Å². The third kappa shape index (κ3) is 3.42. The predicted molar refractivity (Wildman–Crippen MR) is 114 cm³/mol. The SMILES string of the molecule is Cc1cc(C)c2c(-n3cccc3)c(C(=O)NCc3ccccc3Br)sc2n1. The summed E-state index contributed by atoms with van der Waals surface area (Å²) in [4.78, 5) is 19.3. The lowest BCUT2D eigenvalue weighted by Crippen LogP contribution is -2.23. The fraction of sp³-hybridized carbons (Fsp3) is 0.143. The number of carbonyl (C=O) groups excluding carboxylic acids is 1. The van der Waals surface area contributed by atoms with Crippen LogP contribution in [0.4, 0.5) is 0 Å². The minimum absolute atomic E-state index is 0.0884. The number of aryl methyl sites for hydroxylation is 2. The number of hydrogen-bond donors (Lipinski definition) is 1. The van der Waals surface area contributed by atoms with Gasteiger partial charge in [0.15, 0.2) is 0 Å². The molecule has 1 aromatic carbocycles. The largest absolute Gasteiger partial charge is 0.347 e. The molecule has 0 bridgehead atoms. The Kier molecular flexibility index (Phi) is 4.85. The predicted octanol–water partition coefficient (Wildman–Crippen LogP) is 5.40. The van der Waals surface area contributed by atoms with Gasteiger partial charge in [0.2, 0.25) is 0 Å². The van der Waals surface area contributed by atoms with Crippen molar-refractivity contribution < 1.29 is 4.79 Å². The Morgan fingerprint density at radius 1 is 1.19 bits per heavy atom. The molecule has 0 aliphatic rings. The van der Waals surface area contributed by atoms with E-state index in [1.807, 2.05) is 60.3 Å². The van der Waals surface area contributed by atoms with Gasteiger partial charge in [0.05, 0.1) is 5.69 Å². The molecule has 0 saturated carbocycles. The molecule has 0 saturated heterocycles. The van der Waals surface area contributed by atoms with Gasteiger partial charge in [0.1, 0.15) is 9.71 Å². The van der Waals surface area contributed by atoms with Crippen molar-refractivity contribution in [2.75, 3.05) is 0 Å². The molecular weight excluding hydrogens is 422 g/mol. The average molecular weight is 440 g/mol. The van der Waals surface area contributed by atoms with Gasteiger partial charge in [-0.15, -0.1) is 11.3 Å². The summed E-state index contributed by atoms with van der Waals surface area (Å²) in [5, 5.41) is 4.09. The summed E-state index contributed by atoms with van der Waals surface area (Å²) in [6, 6.07) is 13.9. The van der Waals surface area contributed by atoms with Crippen molar-refractivity contribution in [1.29, 1.82) is 0 Å². The summed E-state index contributed by atoms with van der Waals surface area (Å²) in [7, 11) is 0. The molecule has 136 valence electrons. The maximum atomic E-state index is 13.1. The average Bonchev–Trinajstić information content (AvgIpc) is 3.27. The number of carbonyl (C=O) groups is 1. The molecular formula is C21H18BrN3OS. The normalized spacial score (nSPS) is 11.1. The quantitative estimate of drug-likeness (QED) is 0.462. The topological polar surface area (TPSA) is 46.9 Å². The highest BCUT2D eigenvalue weighted by atomic mass is 79.9. The summed E-state index contributed by atoms with van der Waals surface area (Å²) >= 11 is 4.97. The number of pyridine rings is 1. The number of amides is 1. The van der Waals surface area contributed by atoms with Crippen LogP contribution in [0.2, 0.25) is 0 Å². The van der Waals surface area contributed by atoms with Crippen molar-refractivity contribution in [3.05, 3.63) is 81.0 Å². The summed E-state index contributed by atoms with van der Waals surface area (Å²) in [6.45, 7) is 4.51. The van der Waals surface area contributed by atoms with E-state index in [0.29, 0.717) is 11.4 Å². The summed E-state index contributed by atoms with van der Waals surface area (Å²) in [6.07, 6.45) is 3.93. The second kappa shape index (κ2) is 7.29. The fourth-order valence-electron chi connectivity index (χ4n) is 3.20. The first-order chi connectivity index (χ1) is 13.0. The number of nitrogens with zero attached hydrogens (tertiary/aromatic N) is 2. The van der Waals surface area contributed by atoms with Gasteiger partial charge in [-0.05, 0) is 49.2 Å². The van der Waals surface area contributed by atoms with E-state index in [2.05, 4.69) is 39.2 Å². The number of nitrogens with one attached hydrogen (secondary N) is 1. The molecule has 4 rings (SSSR count). The van der Waals surface area contributed by atoms with Crippen LogP contribution in [0, 0.1) is 13.8 Å². The number of aromatic nitrogens is 2. The smallest absolute Gasteiger partial charge is 0.263 e. The van der Waals surface area contributed by atoms with Crippen LogP contribution in [-0.4, -0.2) is 15.5 Å². The Balaban J connectivity index is 1.76. The Bertz CT molecular complexity index is 1130. The summed E-state index contributed by atoms with van der Waals surface area (Å²) < 4.78 is 2.98. The monoisotopic (exact) mass is 439 g/mol. The number of rotatable bonds is 4. The van der Waals surface area contributed by atoms with Gasteiger partial charge in [0, 0.05) is 34.5 Å². The highest BCUT2D eigenvalue weighted by Gasteiger charge is 2.22. The zero-order chi connectivity index (χ0) is 19.0. The van der Waals surface area contributed by atoms with Gasteiger partial charge < -0.3 is 9.88 Å². The molecule has 3 aromatic heterocycles. The Labute approximate surface area is 170 Å². The fourth-order valence-corrected chi connectivity index (χ4v) is 4.84. The number of hydrogen-bond acceptors (Lipinski definition) is 3. The third-order valence-electron chi connectivity index (χ3n) is 4.43. The van der Waals surface area contributed by atoms with Crippen molar-refractivity contribution >= 4 is 43.4 Å². The molecule has 0 unspecified atom stereocenters. The van der Waals surface area contributed by atoms with Crippen LogP contribution in [0.3, 0.4) is 0 Å². The molecule has 4 nitrogen and oxygen atoms in total. The maximum Gasteiger partial charge on any atom is 0.263 e. The van der Waals surface area contributed by atoms with Gasteiger partial charge in [-0.1, -0.05) is 34.1 Å². The molecule has 0 spiro atoms. The van der Waals surface area contributed by atoms with E-state index < -0.39 is 0 Å². The van der Waals surface area contributed by atoms with Gasteiger partial charge in [-0.25, -0.2) is 4.98 Å². The van der Waals surface area contributed by atoms with Crippen LogP contribution in [-0.2, 0) is 6.54 Å². The van der Waals surface area contributed by atoms with E-state index in [-0.39, 0.29) is 5.91 Å². The molecule has 3 heterocycles. The molecule has 0 radical (unpaired) electrons. The third-order valence-corrected chi connectivity index (χ3v) is 6.27. The first-order valence-electron chi connectivity index (χ1n) is 8.60. The lowest BCUT2D eigenvalue weighted by Gasteiger charge is -2.09. The lowest BCUT2D eigenvalue weighted by molar-refractivity contribution is 0.0955. The van der Waals surface area contributed by atoms with Gasteiger partial charge in [-0.2, -0.15) is 0 Å². The zero-order valence-electron chi connectivity index (χ0n) is 15.0. The van der Waals surface area contributed by atoms with Crippen LogP contribution in [0.15, 0.2) is 59.3 Å². The zero-order valence-corrected chi connectivity index (χ0v) is 17.4. The Morgan fingerprint density at radius 2 is 1.93 bits per heavy atom. The van der Waals surface area contributed by atoms with Crippen LogP contribution >= 0.6 is 27.3 Å². The Morgan fingerprint density at radius 3 is 2.67 bits per heavy atom. The molecule has 0 atom stereocenters. The van der Waals surface area contributed by atoms with E-state index in [4.69, 9.17) is 0 Å². The molecule has 1 amide bonds. The van der Waals surface area contributed by atoms with Crippen LogP contribution in [0.1, 0.15) is 26.5 Å². The highest BCUT2D eigenvalue weighted by Crippen LogP contribution is 2.35. The lowest BCUT2D eigenvalue weighted by atomic mass is 10.1. The minimum atomic E-state index is -0.0884. The van der Waals surface area contributed by atoms with E-state index in [0.717, 1.165) is 37.2 Å². The first-order valence-corrected chi connectivity index (χ1v) is 10.2. The van der Waals surface area contributed by atoms with Crippen molar-refractivity contribution in [2.45, 2.75) is 20.4 Å². The van der Waals surface area contributed by atoms with Gasteiger partial charge in [-0.3, -0.25) is 4.79 Å². The second-order valence-electron chi connectivity index (χ2n) is 6.40. The molecule has 4 aromatic rings. The molecule has 6 heteroatoms. The number of fused-ring (bicyclic) bond motifs is 1. The van der Waals surface area contributed by atoms with E-state index in [1.54, 1.807) is 0 Å². The van der Waals surface area contributed by atoms with Crippen molar-refractivity contribution in [3.63, 3.8) is 0 Å². The number of benzene rings is 1. The van der Waals surface area contributed by atoms with Gasteiger partial charge in [0.25, 0.3) is 5.91 Å². The molecule has 0 fully saturated rings. The Hall–Kier alpha value is -2.44. The molecule has 0 aliphatic heterocycles. The van der Waals surface area contributed by atoms with Crippen molar-refractivity contribution in [2.24, 2.45) is 0 Å². The van der Waals surface area contributed by atoms with Crippen LogP contribution in [0.25, 0.3) is 15.9 Å². The van der Waals surface area contributed by atoms with Gasteiger partial charge >= 0.3 is 0 Å². The first kappa shape index (κ1) is 17.9. The molecule has 27 heavy (non-hydrogen) atoms. The van der Waals surface area contributed by atoms with E-state index in [9.17, 15) is 4.79 Å². The van der Waals surface area contributed by atoms with Crippen LogP contribution in [0.5, 0.6) is 0 Å². The van der Waals surface area contributed by atoms with Crippen LogP contribution < -0.4 is 5.32 Å². The molecule has 1 N–H and O–H groups in total. The van der Waals surface area contributed by atoms with Crippen molar-refractivity contribution in [1.82, 2.24) is 14.9 Å². The standard InChI is InChI=1S/C21H18BrN3OS/c1-13-11-14(2)24-21-17(13)18(25-9-5-6-10-25)19(27-21)20(26)23-12-15-7-3-4-8-16(15)22/h3-11H,12H2,1-2H3,(H,23,26). The maximum absolute atomic E-state index is 13.1. The van der Waals surface area contributed by atoms with Crippen molar-refractivity contribution in [3.8, 4) is 5.69 Å². The van der Waals surface area contributed by atoms with E-state index in [1.165, 1.54) is 11.3 Å².